The van der Waals surface area contributed by atoms with Crippen LogP contribution in [0.4, 0.5) is 0 Å². The van der Waals surface area contributed by atoms with Crippen molar-refractivity contribution in [1.82, 2.24) is 0 Å². The first-order chi connectivity index (χ1) is 30.3. The van der Waals surface area contributed by atoms with Gasteiger partial charge in [0.05, 0.1) is 42.0 Å². The van der Waals surface area contributed by atoms with Crippen LogP contribution < -0.4 is 0 Å². The molecule has 0 aromatic rings. The van der Waals surface area contributed by atoms with E-state index in [1.165, 1.54) is 21.0 Å². The highest BCUT2D eigenvalue weighted by Crippen LogP contribution is 2.71. The molecule has 18 heteroatoms. The Morgan fingerprint density at radius 2 is 1.48 bits per heavy atom. The molecule has 22 atom stereocenters. The van der Waals surface area contributed by atoms with Crippen LogP contribution in [0, 0.1) is 16.7 Å². The van der Waals surface area contributed by atoms with E-state index in [2.05, 4.69) is 6.92 Å². The molecule has 4 aliphatic carbocycles. The molecule has 7 aliphatic rings. The van der Waals surface area contributed by atoms with Crippen LogP contribution in [0.15, 0.2) is 11.6 Å². The summed E-state index contributed by atoms with van der Waals surface area (Å²) in [5, 5.41) is 59.5. The van der Waals surface area contributed by atoms with Gasteiger partial charge in [0, 0.05) is 53.9 Å². The summed E-state index contributed by atoms with van der Waals surface area (Å²) in [4.78, 5) is 24.8. The van der Waals surface area contributed by atoms with Crippen molar-refractivity contribution in [2.24, 2.45) is 16.7 Å². The van der Waals surface area contributed by atoms with Gasteiger partial charge in [0.25, 0.3) is 0 Å². The number of hydrogen-bond donors (Lipinski definition) is 5. The first-order valence-electron chi connectivity index (χ1n) is 23.5. The lowest BCUT2D eigenvalue weighted by molar-refractivity contribution is -0.364. The average Bonchev–Trinajstić information content (AvgIpc) is 3.46. The molecule has 0 radical (unpaired) electrons. The van der Waals surface area contributed by atoms with Gasteiger partial charge in [0.15, 0.2) is 18.4 Å². The van der Waals surface area contributed by atoms with E-state index >= 15 is 0 Å². The maximum atomic E-state index is 12.9. The molecular formula is C47H76O18. The Labute approximate surface area is 382 Å². The third-order valence-corrected chi connectivity index (χ3v) is 17.1. The summed E-state index contributed by atoms with van der Waals surface area (Å²) in [6.45, 7) is 15.2. The van der Waals surface area contributed by atoms with Crippen molar-refractivity contribution in [1.29, 1.82) is 0 Å². The second-order valence-electron chi connectivity index (χ2n) is 20.7. The first kappa shape index (κ1) is 51.0. The molecule has 7 rings (SSSR count). The number of methoxy groups -OCH3 is 3. The summed E-state index contributed by atoms with van der Waals surface area (Å²) in [5.41, 5.74) is -6.51. The molecule has 3 saturated carbocycles. The highest BCUT2D eigenvalue weighted by atomic mass is 16.8. The fraction of sp³-hybridized carbons (Fsp3) is 0.915. The van der Waals surface area contributed by atoms with Gasteiger partial charge in [0.1, 0.15) is 59.5 Å². The Kier molecular flexibility index (Phi) is 14.5. The average molecular weight is 929 g/mol. The predicted molar refractivity (Wildman–Crippen MR) is 228 cm³/mol. The SMILES string of the molecule is COC1CC(C)(OC2CCC3(C)C(=CCC4(O)C3CC(OC(C)=O)C3(C)C(O)(C(C)OC(C)=O)CCC43O)C2)OC(C)C1OC1CC(OC)C(OC2OC(C)C(O)C(OC)C2O)C(C)O1. The summed E-state index contributed by atoms with van der Waals surface area (Å²) in [6, 6.07) is 0. The zero-order valence-electron chi connectivity index (χ0n) is 40.2. The van der Waals surface area contributed by atoms with E-state index in [1.807, 2.05) is 26.8 Å². The number of carbonyl (C=O) groups is 2. The second-order valence-corrected chi connectivity index (χ2v) is 20.7. The van der Waals surface area contributed by atoms with Crippen LogP contribution in [-0.4, -0.2) is 173 Å². The van der Waals surface area contributed by atoms with E-state index in [0.29, 0.717) is 32.1 Å². The van der Waals surface area contributed by atoms with Gasteiger partial charge in [-0.05, 0) is 85.0 Å². The Hall–Kier alpha value is -1.88. The van der Waals surface area contributed by atoms with E-state index in [9.17, 15) is 35.1 Å². The fourth-order valence-corrected chi connectivity index (χ4v) is 13.5. The quantitative estimate of drug-likeness (QED) is 0.140. The van der Waals surface area contributed by atoms with Crippen LogP contribution in [0.2, 0.25) is 0 Å². The molecular weight excluding hydrogens is 852 g/mol. The molecule has 0 bridgehead atoms. The molecule has 3 aliphatic heterocycles. The summed E-state index contributed by atoms with van der Waals surface area (Å²) in [5.74, 6) is -2.76. The smallest absolute Gasteiger partial charge is 0.302 e. The molecule has 65 heavy (non-hydrogen) atoms. The maximum absolute atomic E-state index is 12.9. The van der Waals surface area contributed by atoms with Crippen LogP contribution in [-0.2, 0) is 61.7 Å². The zero-order valence-corrected chi connectivity index (χ0v) is 40.2. The van der Waals surface area contributed by atoms with Crippen molar-refractivity contribution in [3.63, 3.8) is 0 Å². The monoisotopic (exact) mass is 929 g/mol. The lowest BCUT2D eigenvalue weighted by atomic mass is 9.42. The molecule has 5 N–H and O–H groups in total. The number of hydrogen-bond acceptors (Lipinski definition) is 18. The fourth-order valence-electron chi connectivity index (χ4n) is 13.5. The van der Waals surface area contributed by atoms with Crippen molar-refractivity contribution in [2.75, 3.05) is 21.3 Å². The number of aliphatic hydroxyl groups is 5. The Bertz CT molecular complexity index is 1770. The van der Waals surface area contributed by atoms with Crippen LogP contribution in [0.3, 0.4) is 0 Å². The molecule has 0 spiro atoms. The zero-order chi connectivity index (χ0) is 47.8. The van der Waals surface area contributed by atoms with E-state index in [-0.39, 0.29) is 31.8 Å². The molecule has 0 aromatic heterocycles. The van der Waals surface area contributed by atoms with Gasteiger partial charge in [-0.3, -0.25) is 9.59 Å². The molecule has 22 unspecified atom stereocenters. The van der Waals surface area contributed by atoms with Crippen molar-refractivity contribution in [3.8, 4) is 0 Å². The maximum Gasteiger partial charge on any atom is 0.302 e. The number of esters is 2. The summed E-state index contributed by atoms with van der Waals surface area (Å²) in [6.07, 6.45) is -6.32. The number of carbonyl (C=O) groups excluding carboxylic acids is 2. The lowest BCUT2D eigenvalue weighted by Gasteiger charge is -2.67. The summed E-state index contributed by atoms with van der Waals surface area (Å²) in [7, 11) is 4.61. The van der Waals surface area contributed by atoms with Crippen LogP contribution in [0.1, 0.15) is 120 Å². The Balaban J connectivity index is 1.02. The molecule has 372 valence electrons. The highest BCUT2D eigenvalue weighted by molar-refractivity contribution is 5.67. The highest BCUT2D eigenvalue weighted by Gasteiger charge is 2.81. The first-order valence-corrected chi connectivity index (χ1v) is 23.5. The van der Waals surface area contributed by atoms with E-state index in [4.69, 9.17) is 52.1 Å². The minimum absolute atomic E-state index is 0.0107. The Morgan fingerprint density at radius 3 is 2.11 bits per heavy atom. The number of rotatable bonds is 12. The Morgan fingerprint density at radius 1 is 0.800 bits per heavy atom. The molecule has 0 aromatic carbocycles. The molecule has 18 nitrogen and oxygen atoms in total. The molecule has 3 saturated heterocycles. The summed E-state index contributed by atoms with van der Waals surface area (Å²) >= 11 is 0. The second kappa shape index (κ2) is 18.5. The minimum atomic E-state index is -1.90. The van der Waals surface area contributed by atoms with Crippen LogP contribution in [0.25, 0.3) is 0 Å². The van der Waals surface area contributed by atoms with E-state index < -0.39 is 137 Å². The van der Waals surface area contributed by atoms with E-state index in [1.54, 1.807) is 35.0 Å². The standard InChI is InChI=1S/C47H76O18/c1-23-36(50)40(57-12)37(51)41(59-23)63-38-24(2)58-35(20-31(38)55-10)62-39-25(3)64-43(8,22-32(39)56-11)65-30-14-15-42(7)29(19-30)13-16-46(53)33(42)21-34(61-28(6)49)44(9)45(52,17-18-47(44,46)54)26(4)60-27(5)48/h13,23-26,30-41,50-54H,14-22H2,1-12H3. The van der Waals surface area contributed by atoms with Crippen molar-refractivity contribution < 1.29 is 87.2 Å². The number of fused-ring (bicyclic) bond motifs is 5. The van der Waals surface area contributed by atoms with Gasteiger partial charge >= 0.3 is 11.9 Å². The van der Waals surface area contributed by atoms with Gasteiger partial charge in [-0.2, -0.15) is 0 Å². The minimum Gasteiger partial charge on any atom is -0.462 e. The normalized spacial score (nSPS) is 51.5. The van der Waals surface area contributed by atoms with Gasteiger partial charge in [-0.25, -0.2) is 0 Å². The number of aliphatic hydroxyl groups excluding tert-OH is 2. The van der Waals surface area contributed by atoms with E-state index in [0.717, 1.165) is 5.57 Å². The number of ether oxygens (including phenoxy) is 11. The molecule has 0 amide bonds. The van der Waals surface area contributed by atoms with Gasteiger partial charge < -0.3 is 77.6 Å². The predicted octanol–water partition coefficient (Wildman–Crippen LogP) is 2.73. The summed E-state index contributed by atoms with van der Waals surface area (Å²) < 4.78 is 67.3. The van der Waals surface area contributed by atoms with Gasteiger partial charge in [-0.1, -0.05) is 25.5 Å². The van der Waals surface area contributed by atoms with Crippen molar-refractivity contribution in [3.05, 3.63) is 11.6 Å². The van der Waals surface area contributed by atoms with Gasteiger partial charge in [-0.15, -0.1) is 0 Å². The third kappa shape index (κ3) is 8.44. The van der Waals surface area contributed by atoms with Crippen molar-refractivity contribution >= 4 is 11.9 Å². The van der Waals surface area contributed by atoms with Crippen molar-refractivity contribution in [2.45, 2.75) is 235 Å². The molecule has 3 heterocycles. The van der Waals surface area contributed by atoms with Gasteiger partial charge in [0.2, 0.25) is 0 Å². The third-order valence-electron chi connectivity index (χ3n) is 17.1. The molecule has 6 fully saturated rings. The van der Waals surface area contributed by atoms with Crippen LogP contribution >= 0.6 is 0 Å². The largest absolute Gasteiger partial charge is 0.462 e. The van der Waals surface area contributed by atoms with Crippen LogP contribution in [0.5, 0.6) is 0 Å². The lowest BCUT2D eigenvalue weighted by Crippen LogP contribution is -2.78. The topological polar surface area (TPSA) is 237 Å².